The molecule has 0 radical (unpaired) electrons. The maximum absolute atomic E-state index is 13.0. The predicted octanol–water partition coefficient (Wildman–Crippen LogP) is 5.30. The number of rotatable bonds is 8. The molecule has 2 aliphatic carbocycles. The Bertz CT molecular complexity index is 857. The molecular weight excluding hydrogens is 488 g/mol. The van der Waals surface area contributed by atoms with Crippen LogP contribution in [0, 0.1) is 11.8 Å². The lowest BCUT2D eigenvalue weighted by Crippen LogP contribution is -2.43. The van der Waals surface area contributed by atoms with Gasteiger partial charge in [0.25, 0.3) is 5.91 Å². The van der Waals surface area contributed by atoms with Crippen LogP contribution in [-0.2, 0) is 17.1 Å². The highest BCUT2D eigenvalue weighted by Crippen LogP contribution is 2.36. The number of carbonyl (C=O) groups excluding carboxylic acids is 2. The highest BCUT2D eigenvalue weighted by Gasteiger charge is 2.37. The van der Waals surface area contributed by atoms with E-state index in [0.29, 0.717) is 24.6 Å². The largest absolute Gasteiger partial charge is 0.416 e. The zero-order valence-electron chi connectivity index (χ0n) is 20.0. The second kappa shape index (κ2) is 12.3. The number of amides is 2. The molecule has 3 rings (SSSR count). The van der Waals surface area contributed by atoms with Crippen LogP contribution in [0.15, 0.2) is 18.2 Å². The molecule has 2 saturated carbocycles. The molecule has 0 atom stereocenters. The molecule has 2 aliphatic rings. The molecular formula is C25H33F6N3O2. The summed E-state index contributed by atoms with van der Waals surface area (Å²) in [7, 11) is 0. The van der Waals surface area contributed by atoms with Gasteiger partial charge >= 0.3 is 12.4 Å². The van der Waals surface area contributed by atoms with Gasteiger partial charge in [-0.1, -0.05) is 19.3 Å². The number of hydrogen-bond donors (Lipinski definition) is 3. The molecule has 0 bridgehead atoms. The van der Waals surface area contributed by atoms with E-state index >= 15 is 0 Å². The summed E-state index contributed by atoms with van der Waals surface area (Å²) in [4.78, 5) is 24.5. The van der Waals surface area contributed by atoms with Crippen molar-refractivity contribution in [1.29, 1.82) is 0 Å². The third-order valence-electron chi connectivity index (χ3n) is 7.11. The molecule has 0 saturated heterocycles. The van der Waals surface area contributed by atoms with E-state index in [2.05, 4.69) is 16.0 Å². The summed E-state index contributed by atoms with van der Waals surface area (Å²) < 4.78 is 78.1. The SMILES string of the molecule is O=C(CN[C@H]1CC[C@@H](CNC(=O)c2cc(C(F)(F)F)cc(C(F)(F)F)c2)CC1)NCC1CCCCC1. The third kappa shape index (κ3) is 8.67. The van der Waals surface area contributed by atoms with Gasteiger partial charge in [0.05, 0.1) is 17.7 Å². The molecule has 2 amide bonds. The summed E-state index contributed by atoms with van der Waals surface area (Å²) >= 11 is 0. The van der Waals surface area contributed by atoms with Crippen LogP contribution in [0.2, 0.25) is 0 Å². The molecule has 0 unspecified atom stereocenters. The maximum Gasteiger partial charge on any atom is 0.416 e. The first-order valence-corrected chi connectivity index (χ1v) is 12.5. The Morgan fingerprint density at radius 2 is 1.25 bits per heavy atom. The van der Waals surface area contributed by atoms with E-state index in [9.17, 15) is 35.9 Å². The minimum absolute atomic E-state index is 0.00131. The highest BCUT2D eigenvalue weighted by molar-refractivity contribution is 5.94. The van der Waals surface area contributed by atoms with Gasteiger partial charge in [-0.25, -0.2) is 0 Å². The lowest BCUT2D eigenvalue weighted by atomic mass is 9.86. The van der Waals surface area contributed by atoms with Gasteiger partial charge in [-0.2, -0.15) is 26.3 Å². The molecule has 202 valence electrons. The first-order valence-electron chi connectivity index (χ1n) is 12.5. The van der Waals surface area contributed by atoms with E-state index in [1.165, 1.54) is 19.3 Å². The molecule has 0 spiro atoms. The van der Waals surface area contributed by atoms with E-state index in [1.807, 2.05) is 0 Å². The summed E-state index contributed by atoms with van der Waals surface area (Å²) in [5, 5.41) is 8.72. The Hall–Kier alpha value is -2.30. The van der Waals surface area contributed by atoms with Crippen molar-refractivity contribution in [1.82, 2.24) is 16.0 Å². The van der Waals surface area contributed by atoms with Crippen LogP contribution in [0.4, 0.5) is 26.3 Å². The molecule has 1 aromatic rings. The molecule has 5 nitrogen and oxygen atoms in total. The van der Waals surface area contributed by atoms with Crippen LogP contribution in [-0.4, -0.2) is 37.5 Å². The second-order valence-corrected chi connectivity index (χ2v) is 9.91. The summed E-state index contributed by atoms with van der Waals surface area (Å²) in [5.74, 6) is -0.389. The van der Waals surface area contributed by atoms with Crippen molar-refractivity contribution in [3.63, 3.8) is 0 Å². The van der Waals surface area contributed by atoms with E-state index in [-0.39, 0.29) is 37.0 Å². The Kier molecular flexibility index (Phi) is 9.66. The monoisotopic (exact) mass is 521 g/mol. The molecule has 2 fully saturated rings. The fourth-order valence-electron chi connectivity index (χ4n) is 4.94. The minimum atomic E-state index is -5.01. The van der Waals surface area contributed by atoms with Crippen molar-refractivity contribution >= 4 is 11.8 Å². The van der Waals surface area contributed by atoms with Gasteiger partial charge in [-0.05, 0) is 68.6 Å². The van der Waals surface area contributed by atoms with Gasteiger partial charge in [0.1, 0.15) is 0 Å². The van der Waals surface area contributed by atoms with Crippen molar-refractivity contribution in [2.24, 2.45) is 11.8 Å². The molecule has 0 heterocycles. The van der Waals surface area contributed by atoms with Gasteiger partial charge < -0.3 is 16.0 Å². The number of carbonyl (C=O) groups is 2. The van der Waals surface area contributed by atoms with E-state index < -0.39 is 35.0 Å². The average molecular weight is 522 g/mol. The number of benzene rings is 1. The van der Waals surface area contributed by atoms with Crippen LogP contribution >= 0.6 is 0 Å². The van der Waals surface area contributed by atoms with E-state index in [4.69, 9.17) is 0 Å². The molecule has 0 aromatic heterocycles. The Balaban J connectivity index is 1.41. The van der Waals surface area contributed by atoms with Crippen molar-refractivity contribution in [2.75, 3.05) is 19.6 Å². The van der Waals surface area contributed by atoms with Crippen molar-refractivity contribution in [2.45, 2.75) is 76.2 Å². The number of nitrogens with one attached hydrogen (secondary N) is 3. The summed E-state index contributed by atoms with van der Waals surface area (Å²) in [6.45, 7) is 1.10. The molecule has 11 heteroatoms. The van der Waals surface area contributed by atoms with Gasteiger partial charge in [0.15, 0.2) is 0 Å². The quantitative estimate of drug-likeness (QED) is 0.407. The van der Waals surface area contributed by atoms with Crippen LogP contribution in [0.1, 0.15) is 79.3 Å². The van der Waals surface area contributed by atoms with Crippen LogP contribution in [0.25, 0.3) is 0 Å². The standard InChI is InChI=1S/C25H33F6N3O2/c26-24(27,28)19-10-18(11-20(12-19)25(29,30)31)23(36)34-14-17-6-8-21(9-7-17)32-15-22(35)33-13-16-4-2-1-3-5-16/h10-12,16-17,21,32H,1-9,13-15H2,(H,33,35)(H,34,36)/t17-,21+. The fourth-order valence-corrected chi connectivity index (χ4v) is 4.94. The smallest absolute Gasteiger partial charge is 0.355 e. The predicted molar refractivity (Wildman–Crippen MR) is 122 cm³/mol. The van der Waals surface area contributed by atoms with E-state index in [0.717, 1.165) is 38.5 Å². The van der Waals surface area contributed by atoms with Gasteiger partial charge in [-0.3, -0.25) is 9.59 Å². The lowest BCUT2D eigenvalue weighted by Gasteiger charge is -2.29. The number of alkyl halides is 6. The van der Waals surface area contributed by atoms with Gasteiger partial charge in [0, 0.05) is 24.7 Å². The molecule has 3 N–H and O–H groups in total. The number of hydrogen-bond acceptors (Lipinski definition) is 3. The average Bonchev–Trinajstić information content (AvgIpc) is 2.84. The lowest BCUT2D eigenvalue weighted by molar-refractivity contribution is -0.143. The second-order valence-electron chi connectivity index (χ2n) is 9.91. The van der Waals surface area contributed by atoms with Crippen LogP contribution in [0.3, 0.4) is 0 Å². The summed E-state index contributed by atoms with van der Waals surface area (Å²) in [5.41, 5.74) is -3.71. The van der Waals surface area contributed by atoms with Crippen molar-refractivity contribution in [3.8, 4) is 0 Å². The summed E-state index contributed by atoms with van der Waals surface area (Å²) in [6.07, 6.45) is -1.02. The summed E-state index contributed by atoms with van der Waals surface area (Å²) in [6, 6.07) is 1.02. The van der Waals surface area contributed by atoms with Crippen molar-refractivity contribution < 1.29 is 35.9 Å². The zero-order valence-corrected chi connectivity index (χ0v) is 20.0. The van der Waals surface area contributed by atoms with Gasteiger partial charge in [0.2, 0.25) is 5.91 Å². The topological polar surface area (TPSA) is 70.2 Å². The molecule has 36 heavy (non-hydrogen) atoms. The maximum atomic E-state index is 13.0. The molecule has 0 aliphatic heterocycles. The third-order valence-corrected chi connectivity index (χ3v) is 7.11. The molecule has 1 aromatic carbocycles. The fraction of sp³-hybridized carbons (Fsp3) is 0.680. The first-order chi connectivity index (χ1) is 16.9. The minimum Gasteiger partial charge on any atom is -0.355 e. The van der Waals surface area contributed by atoms with E-state index in [1.54, 1.807) is 0 Å². The Morgan fingerprint density at radius 3 is 1.81 bits per heavy atom. The normalized spacial score (nSPS) is 21.7. The zero-order chi connectivity index (χ0) is 26.3. The highest BCUT2D eigenvalue weighted by atomic mass is 19.4. The van der Waals surface area contributed by atoms with Crippen LogP contribution in [0.5, 0.6) is 0 Å². The van der Waals surface area contributed by atoms with Gasteiger partial charge in [-0.15, -0.1) is 0 Å². The van der Waals surface area contributed by atoms with Crippen LogP contribution < -0.4 is 16.0 Å². The number of halogens is 6. The Morgan fingerprint density at radius 1 is 0.722 bits per heavy atom. The first kappa shape index (κ1) is 28.3. The Labute approximate surface area is 206 Å². The van der Waals surface area contributed by atoms with Crippen molar-refractivity contribution in [3.05, 3.63) is 34.9 Å².